The number of aromatic nitrogens is 1. The lowest BCUT2D eigenvalue weighted by Crippen LogP contribution is -2.03. The fourth-order valence-corrected chi connectivity index (χ4v) is 3.81. The minimum Gasteiger partial charge on any atom is -0.364 e. The van der Waals surface area contributed by atoms with Gasteiger partial charge in [-0.15, -0.1) is 0 Å². The van der Waals surface area contributed by atoms with Gasteiger partial charge in [0.2, 0.25) is 0 Å². The van der Waals surface area contributed by atoms with E-state index < -0.39 is 0 Å². The summed E-state index contributed by atoms with van der Waals surface area (Å²) in [6.07, 6.45) is 17.9. The Bertz CT molecular complexity index is 364. The van der Waals surface area contributed by atoms with Crippen molar-refractivity contribution in [1.29, 1.82) is 0 Å². The highest BCUT2D eigenvalue weighted by atomic mass is 14.7. The fraction of sp³-hybridized carbons (Fsp3) is 0.750. The van der Waals surface area contributed by atoms with E-state index in [4.69, 9.17) is 0 Å². The van der Waals surface area contributed by atoms with E-state index in [1.54, 1.807) is 16.8 Å². The van der Waals surface area contributed by atoms with E-state index in [1.807, 2.05) is 0 Å². The van der Waals surface area contributed by atoms with Crippen LogP contribution in [0, 0.1) is 0 Å². The lowest BCUT2D eigenvalue weighted by molar-refractivity contribution is 0.498. The maximum absolute atomic E-state index is 3.58. The Balaban J connectivity index is 1.91. The summed E-state index contributed by atoms with van der Waals surface area (Å²) >= 11 is 0. The van der Waals surface area contributed by atoms with Gasteiger partial charge in [-0.2, -0.15) is 0 Å². The monoisotopic (exact) mass is 231 g/mol. The maximum atomic E-state index is 3.58. The molecule has 17 heavy (non-hydrogen) atoms. The van der Waals surface area contributed by atoms with Crippen LogP contribution in [0.15, 0.2) is 6.20 Å². The Morgan fingerprint density at radius 2 is 1.53 bits per heavy atom. The van der Waals surface area contributed by atoms with E-state index in [2.05, 4.69) is 11.2 Å². The van der Waals surface area contributed by atoms with Crippen molar-refractivity contribution in [2.24, 2.45) is 0 Å². The van der Waals surface area contributed by atoms with Crippen LogP contribution in [0.4, 0.5) is 0 Å². The van der Waals surface area contributed by atoms with Crippen molar-refractivity contribution in [1.82, 2.24) is 4.98 Å². The largest absolute Gasteiger partial charge is 0.364 e. The lowest BCUT2D eigenvalue weighted by atomic mass is 9.86. The number of nitrogens with one attached hydrogen (secondary N) is 1. The van der Waals surface area contributed by atoms with E-state index in [-0.39, 0.29) is 0 Å². The third-order valence-corrected chi connectivity index (χ3v) is 4.73. The molecule has 2 aliphatic carbocycles. The van der Waals surface area contributed by atoms with Gasteiger partial charge in [0.05, 0.1) is 0 Å². The molecule has 0 aliphatic heterocycles. The molecule has 1 nitrogen and oxygen atoms in total. The summed E-state index contributed by atoms with van der Waals surface area (Å²) in [4.78, 5) is 3.58. The molecule has 0 saturated carbocycles. The Morgan fingerprint density at radius 1 is 0.824 bits per heavy atom. The van der Waals surface area contributed by atoms with Crippen LogP contribution in [-0.4, -0.2) is 4.98 Å². The average Bonchev–Trinajstić information content (AvgIpc) is 2.63. The summed E-state index contributed by atoms with van der Waals surface area (Å²) in [6, 6.07) is 0. The first kappa shape index (κ1) is 11.4. The van der Waals surface area contributed by atoms with Crippen molar-refractivity contribution < 1.29 is 0 Å². The lowest BCUT2D eigenvalue weighted by Gasteiger charge is -2.19. The van der Waals surface area contributed by atoms with Crippen LogP contribution in [-0.2, 0) is 12.8 Å². The first-order valence-electron chi connectivity index (χ1n) is 7.64. The van der Waals surface area contributed by atoms with E-state index in [0.29, 0.717) is 0 Å². The summed E-state index contributed by atoms with van der Waals surface area (Å²) in [7, 11) is 0. The highest BCUT2D eigenvalue weighted by molar-refractivity contribution is 5.35. The molecule has 2 aliphatic rings. The molecule has 0 amide bonds. The summed E-state index contributed by atoms with van der Waals surface area (Å²) < 4.78 is 0. The van der Waals surface area contributed by atoms with Gasteiger partial charge in [0.15, 0.2) is 0 Å². The molecule has 1 aromatic rings. The minimum atomic E-state index is 0.881. The van der Waals surface area contributed by atoms with Gasteiger partial charge in [-0.3, -0.25) is 0 Å². The summed E-state index contributed by atoms with van der Waals surface area (Å²) in [6.45, 7) is 0. The molecule has 3 rings (SSSR count). The molecular weight excluding hydrogens is 206 g/mol. The molecule has 1 aromatic heterocycles. The van der Waals surface area contributed by atoms with Crippen molar-refractivity contribution in [2.75, 3.05) is 0 Å². The zero-order valence-corrected chi connectivity index (χ0v) is 10.9. The predicted molar refractivity (Wildman–Crippen MR) is 72.5 cm³/mol. The number of hydrogen-bond acceptors (Lipinski definition) is 0. The topological polar surface area (TPSA) is 15.8 Å². The molecule has 1 unspecified atom stereocenters. The van der Waals surface area contributed by atoms with Gasteiger partial charge in [-0.25, -0.2) is 0 Å². The molecule has 0 aromatic carbocycles. The third-order valence-electron chi connectivity index (χ3n) is 4.73. The minimum absolute atomic E-state index is 0.881. The Kier molecular flexibility index (Phi) is 3.54. The summed E-state index contributed by atoms with van der Waals surface area (Å²) in [5.74, 6) is 0.881. The third kappa shape index (κ3) is 2.43. The normalized spacial score (nSPS) is 26.0. The van der Waals surface area contributed by atoms with Gasteiger partial charge in [0, 0.05) is 11.9 Å². The standard InChI is InChI=1S/C16H25N/c1-2-4-8-13-9-6-7-11-15-16(13)14(12-17-15)10-5-3-1/h12-13,17H,1-11H2. The van der Waals surface area contributed by atoms with Crippen molar-refractivity contribution >= 4 is 0 Å². The van der Waals surface area contributed by atoms with E-state index in [1.165, 1.54) is 70.6 Å². The van der Waals surface area contributed by atoms with Gasteiger partial charge in [0.25, 0.3) is 0 Å². The first-order valence-corrected chi connectivity index (χ1v) is 7.64. The van der Waals surface area contributed by atoms with Gasteiger partial charge >= 0.3 is 0 Å². The first-order chi connectivity index (χ1) is 8.45. The molecule has 0 saturated heterocycles. The van der Waals surface area contributed by atoms with Crippen molar-refractivity contribution in [3.05, 3.63) is 23.0 Å². The Hall–Kier alpha value is -0.720. The summed E-state index contributed by atoms with van der Waals surface area (Å²) in [5, 5.41) is 0. The van der Waals surface area contributed by atoms with Crippen molar-refractivity contribution in [3.63, 3.8) is 0 Å². The van der Waals surface area contributed by atoms with E-state index in [9.17, 15) is 0 Å². The SMILES string of the molecule is c1[nH]c2c3c1CCCCCCCC3CCCC2. The smallest absolute Gasteiger partial charge is 0.0185 e. The maximum Gasteiger partial charge on any atom is 0.0185 e. The molecule has 0 bridgehead atoms. The van der Waals surface area contributed by atoms with Crippen LogP contribution >= 0.6 is 0 Å². The molecule has 0 radical (unpaired) electrons. The Morgan fingerprint density at radius 3 is 2.47 bits per heavy atom. The Labute approximate surface area is 105 Å². The van der Waals surface area contributed by atoms with Gasteiger partial charge in [-0.1, -0.05) is 32.1 Å². The van der Waals surface area contributed by atoms with Crippen LogP contribution in [0.2, 0.25) is 0 Å². The second kappa shape index (κ2) is 5.29. The molecule has 1 heterocycles. The van der Waals surface area contributed by atoms with Crippen LogP contribution in [0.25, 0.3) is 0 Å². The zero-order chi connectivity index (χ0) is 11.5. The number of rotatable bonds is 0. The molecule has 1 N–H and O–H groups in total. The van der Waals surface area contributed by atoms with Crippen LogP contribution in [0.3, 0.4) is 0 Å². The molecule has 1 atom stereocenters. The number of aryl methyl sites for hydroxylation is 2. The quantitative estimate of drug-likeness (QED) is 0.665. The molecular formula is C16H25N. The second-order valence-corrected chi connectivity index (χ2v) is 5.96. The second-order valence-electron chi connectivity index (χ2n) is 5.96. The number of H-pyrrole nitrogens is 1. The summed E-state index contributed by atoms with van der Waals surface area (Å²) in [5.41, 5.74) is 5.00. The molecule has 1 heteroatoms. The number of aromatic amines is 1. The number of hydrogen-bond donors (Lipinski definition) is 1. The molecule has 0 fully saturated rings. The highest BCUT2D eigenvalue weighted by Crippen LogP contribution is 2.37. The van der Waals surface area contributed by atoms with Crippen LogP contribution in [0.5, 0.6) is 0 Å². The van der Waals surface area contributed by atoms with Gasteiger partial charge in [0.1, 0.15) is 0 Å². The van der Waals surface area contributed by atoms with Gasteiger partial charge < -0.3 is 4.98 Å². The fourth-order valence-electron chi connectivity index (χ4n) is 3.81. The van der Waals surface area contributed by atoms with Crippen LogP contribution < -0.4 is 0 Å². The van der Waals surface area contributed by atoms with E-state index in [0.717, 1.165) is 5.92 Å². The van der Waals surface area contributed by atoms with Crippen molar-refractivity contribution in [3.8, 4) is 0 Å². The zero-order valence-electron chi connectivity index (χ0n) is 10.9. The van der Waals surface area contributed by atoms with Crippen molar-refractivity contribution in [2.45, 2.75) is 76.5 Å². The molecule has 94 valence electrons. The highest BCUT2D eigenvalue weighted by Gasteiger charge is 2.23. The average molecular weight is 231 g/mol. The predicted octanol–water partition coefficient (Wildman–Crippen LogP) is 4.72. The van der Waals surface area contributed by atoms with Crippen LogP contribution in [0.1, 0.15) is 80.5 Å². The van der Waals surface area contributed by atoms with Gasteiger partial charge in [-0.05, 0) is 55.6 Å². The van der Waals surface area contributed by atoms with E-state index >= 15 is 0 Å². The molecule has 0 spiro atoms.